The lowest BCUT2D eigenvalue weighted by molar-refractivity contribution is -0.143. The van der Waals surface area contributed by atoms with Crippen LogP contribution in [0, 0.1) is 3.57 Å². The van der Waals surface area contributed by atoms with Gasteiger partial charge in [0.25, 0.3) is 5.56 Å². The topological polar surface area (TPSA) is 152 Å². The molecule has 0 bridgehead atoms. The molecule has 12 nitrogen and oxygen atoms in total. The first kappa shape index (κ1) is 34.2. The maximum absolute atomic E-state index is 14.0. The Balaban J connectivity index is 1.87. The number of nitrogens with zero attached hydrogens (tertiary/aromatic N) is 2. The molecule has 2 heterocycles. The third-order valence-electron chi connectivity index (χ3n) is 6.33. The summed E-state index contributed by atoms with van der Waals surface area (Å²) in [5.41, 5.74) is 1.39. The summed E-state index contributed by atoms with van der Waals surface area (Å²) >= 11 is 6.61. The lowest BCUT2D eigenvalue weighted by atomic mass is 9.95. The van der Waals surface area contributed by atoms with Crippen molar-refractivity contribution in [3.8, 4) is 17.2 Å². The molecule has 0 fully saturated rings. The number of carboxylic acids is 1. The van der Waals surface area contributed by atoms with E-state index >= 15 is 0 Å². The molecule has 1 aromatic heterocycles. The minimum Gasteiger partial charge on any atom is -0.490 e. The second-order valence-electron chi connectivity index (χ2n) is 9.30. The Labute approximate surface area is 283 Å². The summed E-state index contributed by atoms with van der Waals surface area (Å²) in [5, 5.41) is 8.97. The third kappa shape index (κ3) is 7.76. The number of hydrogen-bond acceptors (Lipinski definition) is 11. The molecule has 4 rings (SSSR count). The van der Waals surface area contributed by atoms with Crippen molar-refractivity contribution in [3.63, 3.8) is 0 Å². The largest absolute Gasteiger partial charge is 0.490 e. The maximum Gasteiger partial charge on any atom is 0.343 e. The number of esters is 2. The van der Waals surface area contributed by atoms with Crippen molar-refractivity contribution >= 4 is 73.8 Å². The molecule has 238 valence electrons. The Morgan fingerprint density at radius 2 is 1.84 bits per heavy atom. The van der Waals surface area contributed by atoms with E-state index in [0.717, 1.165) is 11.3 Å². The summed E-state index contributed by atoms with van der Waals surface area (Å²) in [5.74, 6) is -1.32. The number of carbonyl (C=O) groups excluding carboxylic acids is 2. The number of carbonyl (C=O) groups is 3. The summed E-state index contributed by atoms with van der Waals surface area (Å²) in [4.78, 5) is 54.9. The zero-order valence-corrected chi connectivity index (χ0v) is 29.1. The highest BCUT2D eigenvalue weighted by atomic mass is 127. The van der Waals surface area contributed by atoms with Crippen LogP contribution in [-0.4, -0.2) is 61.1 Å². The van der Waals surface area contributed by atoms with Gasteiger partial charge in [-0.2, -0.15) is 0 Å². The summed E-state index contributed by atoms with van der Waals surface area (Å²) in [6.07, 6.45) is 1.69. The standard InChI is InChI=1S/C30H28BrIN2O10S/c1-5-41-21-12-17(7-8-20(21)43-14-24(37)40-4)26-25(29(39)42-6-2)15(3)33-30-34(26)28(38)22(45-30)11-16-9-18(31)27(19(32)10-16)44-13-23(35)36/h7-12,26H,5-6,13-14H2,1-4H3,(H,35,36)/b22-11-/t26-/m0/s1. The molecule has 0 spiro atoms. The molecule has 0 saturated carbocycles. The molecule has 1 aliphatic rings. The second kappa shape index (κ2) is 15.1. The summed E-state index contributed by atoms with van der Waals surface area (Å²) < 4.78 is 29.8. The number of rotatable bonds is 12. The highest BCUT2D eigenvalue weighted by Crippen LogP contribution is 2.37. The van der Waals surface area contributed by atoms with E-state index in [2.05, 4.69) is 25.7 Å². The van der Waals surface area contributed by atoms with Crippen LogP contribution in [0.1, 0.15) is 37.9 Å². The van der Waals surface area contributed by atoms with Gasteiger partial charge in [-0.15, -0.1) is 0 Å². The number of hydrogen-bond donors (Lipinski definition) is 1. The summed E-state index contributed by atoms with van der Waals surface area (Å²) in [7, 11) is 1.26. The van der Waals surface area contributed by atoms with Crippen LogP contribution >= 0.6 is 49.9 Å². The number of methoxy groups -OCH3 is 1. The van der Waals surface area contributed by atoms with Crippen molar-refractivity contribution < 1.29 is 43.2 Å². The molecule has 15 heteroatoms. The van der Waals surface area contributed by atoms with Crippen molar-refractivity contribution in [1.29, 1.82) is 0 Å². The smallest absolute Gasteiger partial charge is 0.343 e. The average molecular weight is 815 g/mol. The first-order valence-corrected chi connectivity index (χ1v) is 16.2. The number of fused-ring (bicyclic) bond motifs is 1. The number of allylic oxidation sites excluding steroid dienone is 1. The normalized spacial score (nSPS) is 14.4. The minimum atomic E-state index is -1.10. The summed E-state index contributed by atoms with van der Waals surface area (Å²) in [6, 6.07) is 7.51. The number of aromatic nitrogens is 1. The molecule has 1 aliphatic heterocycles. The van der Waals surface area contributed by atoms with E-state index in [-0.39, 0.29) is 36.7 Å². The van der Waals surface area contributed by atoms with Crippen LogP contribution in [0.5, 0.6) is 17.2 Å². The van der Waals surface area contributed by atoms with Crippen LogP contribution in [0.15, 0.2) is 55.9 Å². The predicted molar refractivity (Wildman–Crippen MR) is 176 cm³/mol. The fraction of sp³-hybridized carbons (Fsp3) is 0.300. The van der Waals surface area contributed by atoms with Gasteiger partial charge in [-0.1, -0.05) is 17.4 Å². The van der Waals surface area contributed by atoms with Gasteiger partial charge >= 0.3 is 17.9 Å². The Kier molecular flexibility index (Phi) is 11.4. The van der Waals surface area contributed by atoms with E-state index in [4.69, 9.17) is 24.1 Å². The minimum absolute atomic E-state index is 0.122. The van der Waals surface area contributed by atoms with Crippen LogP contribution < -0.4 is 29.1 Å². The maximum atomic E-state index is 14.0. The highest BCUT2D eigenvalue weighted by molar-refractivity contribution is 14.1. The number of carboxylic acid groups (broad SMARTS) is 1. The van der Waals surface area contributed by atoms with Crippen molar-refractivity contribution in [2.24, 2.45) is 4.99 Å². The molecule has 45 heavy (non-hydrogen) atoms. The number of ether oxygens (including phenoxy) is 5. The van der Waals surface area contributed by atoms with E-state index in [0.29, 0.717) is 45.7 Å². The van der Waals surface area contributed by atoms with Crippen LogP contribution in [0.4, 0.5) is 0 Å². The molecule has 2 aromatic carbocycles. The van der Waals surface area contributed by atoms with Crippen molar-refractivity contribution in [2.75, 3.05) is 33.5 Å². The van der Waals surface area contributed by atoms with E-state index < -0.39 is 30.6 Å². The first-order valence-electron chi connectivity index (χ1n) is 13.5. The van der Waals surface area contributed by atoms with Gasteiger partial charge in [-0.25, -0.2) is 19.4 Å². The van der Waals surface area contributed by atoms with Crippen molar-refractivity contribution in [3.05, 3.63) is 80.5 Å². The molecular weight excluding hydrogens is 787 g/mol. The first-order chi connectivity index (χ1) is 21.5. The van der Waals surface area contributed by atoms with Crippen LogP contribution in [0.25, 0.3) is 6.08 Å². The van der Waals surface area contributed by atoms with Crippen molar-refractivity contribution in [1.82, 2.24) is 4.57 Å². The van der Waals surface area contributed by atoms with E-state index in [1.54, 1.807) is 57.2 Å². The van der Waals surface area contributed by atoms with Gasteiger partial charge < -0.3 is 28.8 Å². The van der Waals surface area contributed by atoms with Gasteiger partial charge in [0.2, 0.25) is 0 Å². The molecule has 0 unspecified atom stereocenters. The number of thiazole rings is 1. The van der Waals surface area contributed by atoms with Crippen LogP contribution in [0.2, 0.25) is 0 Å². The third-order valence-corrected chi connectivity index (χ3v) is 8.71. The zero-order valence-electron chi connectivity index (χ0n) is 24.5. The van der Waals surface area contributed by atoms with Gasteiger partial charge in [0, 0.05) is 0 Å². The number of aliphatic carboxylic acids is 1. The number of halogens is 2. The lowest BCUT2D eigenvalue weighted by Gasteiger charge is -2.25. The van der Waals surface area contributed by atoms with E-state index in [1.165, 1.54) is 11.7 Å². The average Bonchev–Trinajstić information content (AvgIpc) is 3.28. The summed E-state index contributed by atoms with van der Waals surface area (Å²) in [6.45, 7) is 4.74. The molecule has 1 N–H and O–H groups in total. The van der Waals surface area contributed by atoms with Gasteiger partial charge in [-0.3, -0.25) is 9.36 Å². The highest BCUT2D eigenvalue weighted by Gasteiger charge is 2.34. The van der Waals surface area contributed by atoms with Gasteiger partial charge in [0.1, 0.15) is 5.75 Å². The Morgan fingerprint density at radius 1 is 1.09 bits per heavy atom. The molecule has 0 aliphatic carbocycles. The van der Waals surface area contributed by atoms with Gasteiger partial charge in [-0.05, 0) is 101 Å². The molecule has 3 aromatic rings. The van der Waals surface area contributed by atoms with E-state index in [9.17, 15) is 19.2 Å². The SMILES string of the molecule is CCOC(=O)C1=C(C)N=c2s/c(=C\c3cc(Br)c(OCC(=O)O)c(I)c3)c(=O)n2[C@H]1c1ccc(OCC(=O)OC)c(OCC)c1. The molecule has 0 saturated heterocycles. The fourth-order valence-corrected chi connectivity index (χ4v) is 7.29. The Hall–Kier alpha value is -3.70. The molecule has 0 amide bonds. The van der Waals surface area contributed by atoms with Crippen LogP contribution in [-0.2, 0) is 23.9 Å². The van der Waals surface area contributed by atoms with Crippen molar-refractivity contribution in [2.45, 2.75) is 26.8 Å². The monoisotopic (exact) mass is 814 g/mol. The fourth-order valence-electron chi connectivity index (χ4n) is 4.47. The molecule has 1 atom stereocenters. The van der Waals surface area contributed by atoms with Crippen LogP contribution in [0.3, 0.4) is 0 Å². The quantitative estimate of drug-likeness (QED) is 0.212. The van der Waals surface area contributed by atoms with Gasteiger partial charge in [0.05, 0.1) is 50.2 Å². The molecule has 0 radical (unpaired) electrons. The van der Waals surface area contributed by atoms with Gasteiger partial charge in [0.15, 0.2) is 29.5 Å². The number of benzene rings is 2. The Morgan fingerprint density at radius 3 is 2.49 bits per heavy atom. The lowest BCUT2D eigenvalue weighted by Crippen LogP contribution is -2.40. The van der Waals surface area contributed by atoms with E-state index in [1.807, 2.05) is 22.6 Å². The predicted octanol–water partition coefficient (Wildman–Crippen LogP) is 3.58. The molecular formula is C30H28BrIN2O10S. The Bertz CT molecular complexity index is 1840. The zero-order chi connectivity index (χ0) is 32.8. The second-order valence-corrected chi connectivity index (χ2v) is 12.3.